The number of anilines is 2. The summed E-state index contributed by atoms with van der Waals surface area (Å²) in [5, 5.41) is 1.32. The fraction of sp³-hybridized carbons (Fsp3) is 0.633. The van der Waals surface area contributed by atoms with Gasteiger partial charge in [-0.25, -0.2) is 9.97 Å². The first-order chi connectivity index (χ1) is 19.4. The van der Waals surface area contributed by atoms with E-state index >= 15 is 0 Å². The van der Waals surface area contributed by atoms with Crippen LogP contribution in [-0.2, 0) is 22.5 Å². The second-order valence-electron chi connectivity index (χ2n) is 11.0. The molecule has 10 heteroatoms. The van der Waals surface area contributed by atoms with Crippen molar-refractivity contribution in [3.63, 3.8) is 0 Å². The van der Waals surface area contributed by atoms with Crippen LogP contribution in [0.25, 0.3) is 21.9 Å². The molecule has 1 saturated heterocycles. The molecule has 1 aliphatic heterocycles. The Morgan fingerprint density at radius 1 is 1.07 bits per heavy atom. The van der Waals surface area contributed by atoms with Crippen LogP contribution in [0.5, 0.6) is 0 Å². The number of hydrogen-bond acceptors (Lipinski definition) is 9. The number of pyridine rings is 1. The number of imidazole rings is 1. The van der Waals surface area contributed by atoms with Gasteiger partial charge in [0, 0.05) is 63.2 Å². The highest BCUT2D eigenvalue weighted by Crippen LogP contribution is 2.32. The van der Waals surface area contributed by atoms with E-state index in [9.17, 15) is 4.79 Å². The van der Waals surface area contributed by atoms with Gasteiger partial charge < -0.3 is 24.8 Å². The summed E-state index contributed by atoms with van der Waals surface area (Å²) in [6.45, 7) is 10.2. The van der Waals surface area contributed by atoms with Gasteiger partial charge in [-0.15, -0.1) is 0 Å². The Kier molecular flexibility index (Phi) is 11.5. The van der Waals surface area contributed by atoms with Gasteiger partial charge in [-0.05, 0) is 64.4 Å². The highest BCUT2D eigenvalue weighted by Gasteiger charge is 2.21. The number of unbranched alkanes of at least 4 members (excludes halogenated alkanes) is 2. The molecule has 0 radical (unpaired) electrons. The third kappa shape index (κ3) is 7.87. The third-order valence-electron chi connectivity index (χ3n) is 7.72. The number of piperazine rings is 1. The standard InChI is InChI=1S/C30H47N7O2S/c1-5-6-9-26-33-28-29(37(26)14-8-7-13-34(2)3)24-22-23(10-11-25(24)32-30(28)31)36-17-15-35(16-18-36)19-21-39-20-12-27(38)40-4/h10-11,22H,5-9,12-21H2,1-4H3,(H2,31,32). The molecule has 4 rings (SSSR count). The van der Waals surface area contributed by atoms with Crippen LogP contribution in [0.4, 0.5) is 11.5 Å². The van der Waals surface area contributed by atoms with Crippen LogP contribution >= 0.6 is 11.8 Å². The van der Waals surface area contributed by atoms with Crippen molar-refractivity contribution in [2.75, 3.05) is 83.5 Å². The van der Waals surface area contributed by atoms with Crippen LogP contribution in [0.15, 0.2) is 18.2 Å². The lowest BCUT2D eigenvalue weighted by molar-refractivity contribution is -0.111. The maximum Gasteiger partial charge on any atom is 0.190 e. The average molecular weight is 570 g/mol. The van der Waals surface area contributed by atoms with Crippen molar-refractivity contribution < 1.29 is 9.53 Å². The Labute approximate surface area is 243 Å². The molecule has 1 aliphatic rings. The summed E-state index contributed by atoms with van der Waals surface area (Å²) < 4.78 is 8.11. The van der Waals surface area contributed by atoms with Gasteiger partial charge in [0.2, 0.25) is 0 Å². The fourth-order valence-corrected chi connectivity index (χ4v) is 5.68. The van der Waals surface area contributed by atoms with Crippen LogP contribution in [0.3, 0.4) is 0 Å². The molecule has 0 bridgehead atoms. The monoisotopic (exact) mass is 569 g/mol. The number of carbonyl (C=O) groups excluding carboxylic acids is 1. The van der Waals surface area contributed by atoms with Gasteiger partial charge in [0.25, 0.3) is 0 Å². The number of benzene rings is 1. The molecule has 0 aliphatic carbocycles. The van der Waals surface area contributed by atoms with E-state index in [1.54, 1.807) is 0 Å². The Morgan fingerprint density at radius 3 is 2.60 bits per heavy atom. The molecule has 0 unspecified atom stereocenters. The van der Waals surface area contributed by atoms with Gasteiger partial charge in [0.05, 0.1) is 24.2 Å². The number of carbonyl (C=O) groups is 1. The predicted molar refractivity (Wildman–Crippen MR) is 168 cm³/mol. The minimum Gasteiger partial charge on any atom is -0.382 e. The third-order valence-corrected chi connectivity index (χ3v) is 8.38. The summed E-state index contributed by atoms with van der Waals surface area (Å²) in [4.78, 5) is 28.4. The van der Waals surface area contributed by atoms with Crippen molar-refractivity contribution in [1.29, 1.82) is 0 Å². The zero-order chi connectivity index (χ0) is 28.5. The van der Waals surface area contributed by atoms with E-state index in [0.29, 0.717) is 25.5 Å². The van der Waals surface area contributed by atoms with E-state index in [1.807, 2.05) is 6.26 Å². The largest absolute Gasteiger partial charge is 0.382 e. The van der Waals surface area contributed by atoms with Gasteiger partial charge in [0.1, 0.15) is 11.3 Å². The Bertz CT molecular complexity index is 1250. The van der Waals surface area contributed by atoms with E-state index in [4.69, 9.17) is 20.4 Å². The average Bonchev–Trinajstić information content (AvgIpc) is 3.33. The van der Waals surface area contributed by atoms with Gasteiger partial charge in [-0.3, -0.25) is 9.69 Å². The molecule has 0 spiro atoms. The van der Waals surface area contributed by atoms with E-state index in [-0.39, 0.29) is 5.12 Å². The van der Waals surface area contributed by atoms with Crippen LogP contribution < -0.4 is 10.6 Å². The second-order valence-corrected chi connectivity index (χ2v) is 11.8. The maximum atomic E-state index is 11.4. The Hall–Kier alpha value is -2.40. The summed E-state index contributed by atoms with van der Waals surface area (Å²) in [7, 11) is 4.26. The molecule has 220 valence electrons. The lowest BCUT2D eigenvalue weighted by atomic mass is 10.1. The molecule has 40 heavy (non-hydrogen) atoms. The van der Waals surface area contributed by atoms with Crippen LogP contribution in [0.2, 0.25) is 0 Å². The number of hydrogen-bond donors (Lipinski definition) is 1. The van der Waals surface area contributed by atoms with Crippen molar-refractivity contribution >= 4 is 50.3 Å². The number of nitrogens with two attached hydrogens (primary N) is 1. The number of nitrogen functional groups attached to an aromatic ring is 1. The number of ether oxygens (including phenoxy) is 1. The molecular weight excluding hydrogens is 522 g/mol. The van der Waals surface area contributed by atoms with Crippen LogP contribution in [0.1, 0.15) is 44.9 Å². The molecule has 0 amide bonds. The summed E-state index contributed by atoms with van der Waals surface area (Å²) in [5.41, 5.74) is 10.6. The summed E-state index contributed by atoms with van der Waals surface area (Å²) >= 11 is 1.27. The molecule has 1 aromatic carbocycles. The van der Waals surface area contributed by atoms with Crippen molar-refractivity contribution in [2.24, 2.45) is 0 Å². The summed E-state index contributed by atoms with van der Waals surface area (Å²) in [6.07, 6.45) is 7.76. The van der Waals surface area contributed by atoms with Gasteiger partial charge >= 0.3 is 0 Å². The quantitative estimate of drug-likeness (QED) is 0.269. The fourth-order valence-electron chi connectivity index (χ4n) is 5.39. The maximum absolute atomic E-state index is 11.4. The van der Waals surface area contributed by atoms with Crippen LogP contribution in [-0.4, -0.2) is 102 Å². The Balaban J connectivity index is 1.49. The van der Waals surface area contributed by atoms with Gasteiger partial charge in [-0.1, -0.05) is 25.1 Å². The minimum atomic E-state index is 0.184. The zero-order valence-electron chi connectivity index (χ0n) is 24.8. The predicted octanol–water partition coefficient (Wildman–Crippen LogP) is 4.27. The number of nitrogens with zero attached hydrogens (tertiary/aromatic N) is 6. The number of fused-ring (bicyclic) bond motifs is 3. The first-order valence-electron chi connectivity index (χ1n) is 14.8. The van der Waals surface area contributed by atoms with E-state index in [1.165, 1.54) is 17.4 Å². The van der Waals surface area contributed by atoms with Crippen molar-refractivity contribution in [3.05, 3.63) is 24.0 Å². The first kappa shape index (κ1) is 30.6. The first-order valence-corrected chi connectivity index (χ1v) is 16.0. The molecule has 9 nitrogen and oxygen atoms in total. The molecule has 2 N–H and O–H groups in total. The Morgan fingerprint density at radius 2 is 1.88 bits per heavy atom. The lowest BCUT2D eigenvalue weighted by Crippen LogP contribution is -2.47. The zero-order valence-corrected chi connectivity index (χ0v) is 25.6. The number of aromatic nitrogens is 3. The highest BCUT2D eigenvalue weighted by atomic mass is 32.2. The van der Waals surface area contributed by atoms with Crippen LogP contribution in [0, 0.1) is 0 Å². The molecule has 0 saturated carbocycles. The molecule has 2 aromatic heterocycles. The summed E-state index contributed by atoms with van der Waals surface area (Å²) in [5.74, 6) is 1.65. The van der Waals surface area contributed by atoms with E-state index < -0.39 is 0 Å². The highest BCUT2D eigenvalue weighted by molar-refractivity contribution is 8.13. The molecular formula is C30H47N7O2S. The molecule has 1 fully saturated rings. The number of rotatable bonds is 15. The smallest absolute Gasteiger partial charge is 0.190 e. The van der Waals surface area contributed by atoms with E-state index in [0.717, 1.165) is 106 Å². The van der Waals surface area contributed by atoms with Crippen molar-refractivity contribution in [2.45, 2.75) is 52.0 Å². The topological polar surface area (TPSA) is 92.8 Å². The van der Waals surface area contributed by atoms with Gasteiger partial charge in [-0.2, -0.15) is 0 Å². The normalized spacial score (nSPS) is 14.7. The lowest BCUT2D eigenvalue weighted by Gasteiger charge is -2.36. The molecule has 3 aromatic rings. The SMILES string of the molecule is CCCCc1nc2c(N)nc3ccc(N4CCN(CCOCCC(=O)SC)CC4)cc3c2n1CCCCN(C)C. The summed E-state index contributed by atoms with van der Waals surface area (Å²) in [6, 6.07) is 6.59. The number of aryl methyl sites for hydroxylation is 2. The second kappa shape index (κ2) is 15.0. The minimum absolute atomic E-state index is 0.184. The van der Waals surface area contributed by atoms with Crippen molar-refractivity contribution in [3.8, 4) is 0 Å². The molecule has 3 heterocycles. The van der Waals surface area contributed by atoms with E-state index in [2.05, 4.69) is 58.5 Å². The number of thioether (sulfide) groups is 1. The van der Waals surface area contributed by atoms with Crippen molar-refractivity contribution in [1.82, 2.24) is 24.3 Å². The molecule has 0 atom stereocenters. The van der Waals surface area contributed by atoms with Gasteiger partial charge in [0.15, 0.2) is 10.9 Å².